The molecule has 0 radical (unpaired) electrons. The van der Waals surface area contributed by atoms with Gasteiger partial charge in [0.25, 0.3) is 0 Å². The number of nitrogens with one attached hydrogen (secondary N) is 2. The summed E-state index contributed by atoms with van der Waals surface area (Å²) >= 11 is 0. The van der Waals surface area contributed by atoms with Crippen molar-refractivity contribution in [3.63, 3.8) is 0 Å². The van der Waals surface area contributed by atoms with E-state index in [-0.39, 0.29) is 23.7 Å². The highest BCUT2D eigenvalue weighted by atomic mass is 35.5. The summed E-state index contributed by atoms with van der Waals surface area (Å²) < 4.78 is 0. The minimum Gasteiger partial charge on any atom is -0.325 e. The highest BCUT2D eigenvalue weighted by Gasteiger charge is 2.51. The number of carbonyl (C=O) groups is 1. The second-order valence-electron chi connectivity index (χ2n) is 3.56. The lowest BCUT2D eigenvalue weighted by Gasteiger charge is -2.36. The van der Waals surface area contributed by atoms with Crippen molar-refractivity contribution in [3.8, 4) is 0 Å². The maximum absolute atomic E-state index is 11.7. The quantitative estimate of drug-likeness (QED) is 0.649. The van der Waals surface area contributed by atoms with E-state index < -0.39 is 0 Å². The third-order valence-electron chi connectivity index (χ3n) is 2.87. The smallest absolute Gasteiger partial charge is 0.237 e. The SMILES string of the molecule is Cl.O=C1Nc2ccncc2C12CNC2. The first-order valence-electron chi connectivity index (χ1n) is 4.30. The number of amides is 1. The van der Waals surface area contributed by atoms with E-state index in [9.17, 15) is 4.79 Å². The molecule has 3 rings (SSSR count). The number of aromatic nitrogens is 1. The van der Waals surface area contributed by atoms with Gasteiger partial charge in [0, 0.05) is 36.7 Å². The third-order valence-corrected chi connectivity index (χ3v) is 2.87. The van der Waals surface area contributed by atoms with Crippen LogP contribution in [0.5, 0.6) is 0 Å². The molecule has 1 fully saturated rings. The summed E-state index contributed by atoms with van der Waals surface area (Å²) in [5, 5.41) is 6.00. The fourth-order valence-corrected chi connectivity index (χ4v) is 1.98. The van der Waals surface area contributed by atoms with Crippen molar-refractivity contribution in [1.82, 2.24) is 10.3 Å². The summed E-state index contributed by atoms with van der Waals surface area (Å²) in [6.45, 7) is 1.47. The molecule has 0 saturated carbocycles. The standard InChI is InChI=1S/C9H9N3O.ClH/c13-8-9(4-11-5-9)6-3-10-2-1-7(6)12-8;/h1-3,11H,4-5H2,(H,12,13);1H. The van der Waals surface area contributed by atoms with Gasteiger partial charge in [0.05, 0.1) is 0 Å². The van der Waals surface area contributed by atoms with Gasteiger partial charge in [-0.05, 0) is 6.07 Å². The summed E-state index contributed by atoms with van der Waals surface area (Å²) in [6, 6.07) is 1.85. The number of hydrogen-bond acceptors (Lipinski definition) is 3. The average Bonchev–Trinajstić information content (AvgIpc) is 2.35. The maximum atomic E-state index is 11.7. The number of pyridine rings is 1. The average molecular weight is 212 g/mol. The molecule has 0 atom stereocenters. The normalized spacial score (nSPS) is 20.7. The van der Waals surface area contributed by atoms with Gasteiger partial charge in [-0.1, -0.05) is 0 Å². The lowest BCUT2D eigenvalue weighted by atomic mass is 9.77. The van der Waals surface area contributed by atoms with Gasteiger partial charge < -0.3 is 10.6 Å². The van der Waals surface area contributed by atoms with Crippen LogP contribution in [0.3, 0.4) is 0 Å². The van der Waals surface area contributed by atoms with Crippen molar-refractivity contribution >= 4 is 24.0 Å². The molecule has 1 aromatic heterocycles. The van der Waals surface area contributed by atoms with Crippen LogP contribution in [0.2, 0.25) is 0 Å². The molecular formula is C9H10ClN3O. The Balaban J connectivity index is 0.000000750. The fraction of sp³-hybridized carbons (Fsp3) is 0.333. The molecule has 74 valence electrons. The monoisotopic (exact) mass is 211 g/mol. The molecule has 5 heteroatoms. The maximum Gasteiger partial charge on any atom is 0.237 e. The van der Waals surface area contributed by atoms with E-state index in [1.165, 1.54) is 0 Å². The number of hydrogen-bond donors (Lipinski definition) is 2. The number of rotatable bonds is 0. The van der Waals surface area contributed by atoms with E-state index in [1.807, 2.05) is 6.07 Å². The van der Waals surface area contributed by atoms with Gasteiger partial charge >= 0.3 is 0 Å². The van der Waals surface area contributed by atoms with E-state index in [2.05, 4.69) is 15.6 Å². The number of anilines is 1. The lowest BCUT2D eigenvalue weighted by Crippen LogP contribution is -2.60. The van der Waals surface area contributed by atoms with Gasteiger partial charge in [-0.15, -0.1) is 12.4 Å². The summed E-state index contributed by atoms with van der Waals surface area (Å²) in [7, 11) is 0. The first-order chi connectivity index (χ1) is 6.33. The van der Waals surface area contributed by atoms with Gasteiger partial charge in [-0.2, -0.15) is 0 Å². The van der Waals surface area contributed by atoms with Gasteiger partial charge in [0.15, 0.2) is 0 Å². The number of carbonyl (C=O) groups excluding carboxylic acids is 1. The van der Waals surface area contributed by atoms with E-state index in [1.54, 1.807) is 12.4 Å². The van der Waals surface area contributed by atoms with Crippen LogP contribution in [-0.4, -0.2) is 24.0 Å². The predicted molar refractivity (Wildman–Crippen MR) is 54.7 cm³/mol. The second-order valence-corrected chi connectivity index (χ2v) is 3.56. The van der Waals surface area contributed by atoms with Gasteiger partial charge in [-0.25, -0.2) is 0 Å². The Kier molecular flexibility index (Phi) is 1.97. The minimum absolute atomic E-state index is 0. The molecule has 14 heavy (non-hydrogen) atoms. The topological polar surface area (TPSA) is 54.0 Å². The van der Waals surface area contributed by atoms with E-state index in [0.717, 1.165) is 24.3 Å². The Morgan fingerprint density at radius 1 is 1.43 bits per heavy atom. The summed E-state index contributed by atoms with van der Waals surface area (Å²) in [6.07, 6.45) is 3.48. The van der Waals surface area contributed by atoms with Crippen LogP contribution in [0.15, 0.2) is 18.5 Å². The van der Waals surface area contributed by atoms with E-state index in [0.29, 0.717) is 0 Å². The number of nitrogens with zero attached hydrogens (tertiary/aromatic N) is 1. The molecule has 0 bridgehead atoms. The van der Waals surface area contributed by atoms with E-state index in [4.69, 9.17) is 0 Å². The lowest BCUT2D eigenvalue weighted by molar-refractivity contribution is -0.122. The molecule has 0 aliphatic carbocycles. The minimum atomic E-state index is -0.316. The third kappa shape index (κ3) is 0.923. The van der Waals surface area contributed by atoms with Crippen LogP contribution in [0.25, 0.3) is 0 Å². The molecule has 4 nitrogen and oxygen atoms in total. The first kappa shape index (κ1) is 9.43. The van der Waals surface area contributed by atoms with Crippen molar-refractivity contribution in [2.24, 2.45) is 0 Å². The zero-order chi connectivity index (χ0) is 8.89. The van der Waals surface area contributed by atoms with Crippen LogP contribution < -0.4 is 10.6 Å². The Morgan fingerprint density at radius 2 is 2.21 bits per heavy atom. The predicted octanol–water partition coefficient (Wildman–Crippen LogP) is 0.296. The molecule has 1 saturated heterocycles. The Morgan fingerprint density at radius 3 is 2.86 bits per heavy atom. The molecule has 1 spiro atoms. The zero-order valence-electron chi connectivity index (χ0n) is 7.41. The molecule has 3 heterocycles. The van der Waals surface area contributed by atoms with Crippen LogP contribution in [-0.2, 0) is 10.2 Å². The number of fused-ring (bicyclic) bond motifs is 2. The molecular weight excluding hydrogens is 202 g/mol. The van der Waals surface area contributed by atoms with Gasteiger partial charge in [0.2, 0.25) is 5.91 Å². The van der Waals surface area contributed by atoms with Crippen molar-refractivity contribution < 1.29 is 4.79 Å². The largest absolute Gasteiger partial charge is 0.325 e. The van der Waals surface area contributed by atoms with E-state index >= 15 is 0 Å². The van der Waals surface area contributed by atoms with Crippen LogP contribution in [0, 0.1) is 0 Å². The Bertz CT molecular complexity index is 389. The molecule has 0 aromatic carbocycles. The summed E-state index contributed by atoms with van der Waals surface area (Å²) in [5.41, 5.74) is 1.64. The number of halogens is 1. The van der Waals surface area contributed by atoms with Gasteiger partial charge in [0.1, 0.15) is 5.41 Å². The second kappa shape index (κ2) is 2.93. The van der Waals surface area contributed by atoms with Crippen molar-refractivity contribution in [2.75, 3.05) is 18.4 Å². The Labute approximate surface area is 87.5 Å². The first-order valence-corrected chi connectivity index (χ1v) is 4.30. The molecule has 2 aliphatic rings. The van der Waals surface area contributed by atoms with Crippen LogP contribution in [0.1, 0.15) is 5.56 Å². The molecule has 0 unspecified atom stereocenters. The molecule has 1 aromatic rings. The highest BCUT2D eigenvalue weighted by Crippen LogP contribution is 2.39. The van der Waals surface area contributed by atoms with Crippen molar-refractivity contribution in [3.05, 3.63) is 24.0 Å². The van der Waals surface area contributed by atoms with Crippen LogP contribution in [0.4, 0.5) is 5.69 Å². The fourth-order valence-electron chi connectivity index (χ4n) is 1.98. The summed E-state index contributed by atoms with van der Waals surface area (Å²) in [5.74, 6) is 0.106. The summed E-state index contributed by atoms with van der Waals surface area (Å²) in [4.78, 5) is 15.7. The zero-order valence-corrected chi connectivity index (χ0v) is 8.23. The Hall–Kier alpha value is -1.13. The van der Waals surface area contributed by atoms with Gasteiger partial charge in [-0.3, -0.25) is 9.78 Å². The van der Waals surface area contributed by atoms with Crippen molar-refractivity contribution in [1.29, 1.82) is 0 Å². The molecule has 2 N–H and O–H groups in total. The van der Waals surface area contributed by atoms with Crippen molar-refractivity contribution in [2.45, 2.75) is 5.41 Å². The molecule has 1 amide bonds. The van der Waals surface area contributed by atoms with Crippen LogP contribution >= 0.6 is 12.4 Å². The molecule has 2 aliphatic heterocycles. The highest BCUT2D eigenvalue weighted by molar-refractivity contribution is 6.07.